The number of nitrogens with two attached hydrogens (primary N) is 1. The number of carbonyl (C=O) groups is 1. The Morgan fingerprint density at radius 1 is 1.55 bits per heavy atom. The largest absolute Gasteiger partial charge is 0.409 e. The van der Waals surface area contributed by atoms with Crippen molar-refractivity contribution in [3.63, 3.8) is 0 Å². The summed E-state index contributed by atoms with van der Waals surface area (Å²) in [6, 6.07) is 8.25. The fraction of sp³-hybridized carbons (Fsp3) is 0.467. The Kier molecular flexibility index (Phi) is 3.97. The van der Waals surface area contributed by atoms with E-state index in [2.05, 4.69) is 22.6 Å². The van der Waals surface area contributed by atoms with Crippen molar-refractivity contribution in [1.29, 1.82) is 0 Å². The van der Waals surface area contributed by atoms with Gasteiger partial charge < -0.3 is 16.3 Å². The van der Waals surface area contributed by atoms with Crippen LogP contribution >= 0.6 is 0 Å². The molecule has 2 rings (SSSR count). The highest BCUT2D eigenvalue weighted by Gasteiger charge is 2.37. The van der Waals surface area contributed by atoms with Crippen molar-refractivity contribution in [2.24, 2.45) is 16.3 Å². The number of amidine groups is 1. The van der Waals surface area contributed by atoms with Crippen LogP contribution in [0.2, 0.25) is 0 Å². The molecule has 1 amide bonds. The minimum absolute atomic E-state index is 0.0495. The van der Waals surface area contributed by atoms with Gasteiger partial charge in [0.1, 0.15) is 5.41 Å². The number of carbonyl (C=O) groups excluding carboxylic acids is 1. The Morgan fingerprint density at radius 3 is 2.85 bits per heavy atom. The average Bonchev–Trinajstić information content (AvgIpc) is 2.46. The molecule has 0 fully saturated rings. The van der Waals surface area contributed by atoms with Crippen LogP contribution in [-0.4, -0.2) is 23.5 Å². The topological polar surface area (TPSA) is 87.7 Å². The first-order valence-electron chi connectivity index (χ1n) is 6.87. The molecule has 1 aliphatic carbocycles. The second-order valence-corrected chi connectivity index (χ2v) is 5.48. The van der Waals surface area contributed by atoms with E-state index in [4.69, 9.17) is 10.9 Å². The normalized spacial score (nSPS) is 20.5. The molecule has 5 heteroatoms. The molecule has 108 valence electrons. The van der Waals surface area contributed by atoms with E-state index >= 15 is 0 Å². The predicted octanol–water partition coefficient (Wildman–Crippen LogP) is 1.61. The highest BCUT2D eigenvalue weighted by molar-refractivity contribution is 6.06. The lowest BCUT2D eigenvalue weighted by atomic mass is 9.77. The molecule has 0 bridgehead atoms. The maximum atomic E-state index is 12.3. The Balaban J connectivity index is 1.97. The van der Waals surface area contributed by atoms with Gasteiger partial charge in [-0.05, 0) is 30.9 Å². The second kappa shape index (κ2) is 5.53. The summed E-state index contributed by atoms with van der Waals surface area (Å²) in [5.41, 5.74) is 7.32. The van der Waals surface area contributed by atoms with Crippen molar-refractivity contribution >= 4 is 11.7 Å². The van der Waals surface area contributed by atoms with Crippen molar-refractivity contribution in [3.05, 3.63) is 35.4 Å². The fourth-order valence-corrected chi connectivity index (χ4v) is 2.52. The molecule has 2 unspecified atom stereocenters. The Morgan fingerprint density at radius 2 is 2.25 bits per heavy atom. The van der Waals surface area contributed by atoms with Gasteiger partial charge in [-0.3, -0.25) is 4.79 Å². The molecular formula is C15H21N3O2. The van der Waals surface area contributed by atoms with Crippen LogP contribution in [0.1, 0.15) is 37.3 Å². The Labute approximate surface area is 118 Å². The van der Waals surface area contributed by atoms with Crippen LogP contribution in [0, 0.1) is 5.41 Å². The maximum Gasteiger partial charge on any atom is 0.233 e. The van der Waals surface area contributed by atoms with Crippen LogP contribution in [0.3, 0.4) is 0 Å². The van der Waals surface area contributed by atoms with Crippen LogP contribution in [0.25, 0.3) is 0 Å². The van der Waals surface area contributed by atoms with Gasteiger partial charge in [0.2, 0.25) is 5.91 Å². The number of amides is 1. The van der Waals surface area contributed by atoms with E-state index in [1.54, 1.807) is 6.92 Å². The molecule has 0 heterocycles. The van der Waals surface area contributed by atoms with Gasteiger partial charge in [-0.25, -0.2) is 0 Å². The van der Waals surface area contributed by atoms with E-state index in [1.165, 1.54) is 11.1 Å². The van der Waals surface area contributed by atoms with Gasteiger partial charge in [-0.2, -0.15) is 0 Å². The number of hydrogen-bond acceptors (Lipinski definition) is 3. The van der Waals surface area contributed by atoms with E-state index < -0.39 is 5.41 Å². The zero-order chi connectivity index (χ0) is 14.8. The lowest BCUT2D eigenvalue weighted by Gasteiger charge is -2.32. The van der Waals surface area contributed by atoms with Gasteiger partial charge in [0, 0.05) is 12.5 Å². The van der Waals surface area contributed by atoms with E-state index in [9.17, 15) is 4.79 Å². The summed E-state index contributed by atoms with van der Waals surface area (Å²) in [5, 5.41) is 14.7. The van der Waals surface area contributed by atoms with Crippen LogP contribution in [0.4, 0.5) is 0 Å². The molecule has 0 saturated heterocycles. The van der Waals surface area contributed by atoms with Crippen LogP contribution in [0.5, 0.6) is 0 Å². The van der Waals surface area contributed by atoms with Crippen molar-refractivity contribution in [1.82, 2.24) is 5.32 Å². The molecule has 5 nitrogen and oxygen atoms in total. The standard InChI is InChI=1S/C15H21N3O2/c1-3-15(2,13(16)18-20)14(19)17-9-11-8-10-6-4-5-7-12(10)11/h4-7,11,20H,3,8-9H2,1-2H3,(H2,16,18)(H,17,19). The molecular weight excluding hydrogens is 254 g/mol. The van der Waals surface area contributed by atoms with E-state index in [-0.39, 0.29) is 11.7 Å². The van der Waals surface area contributed by atoms with Crippen molar-refractivity contribution in [2.75, 3.05) is 6.54 Å². The minimum atomic E-state index is -0.960. The minimum Gasteiger partial charge on any atom is -0.409 e. The third-order valence-electron chi connectivity index (χ3n) is 4.35. The smallest absolute Gasteiger partial charge is 0.233 e. The second-order valence-electron chi connectivity index (χ2n) is 5.48. The summed E-state index contributed by atoms with van der Waals surface area (Å²) in [4.78, 5) is 12.3. The first-order valence-corrected chi connectivity index (χ1v) is 6.87. The van der Waals surface area contributed by atoms with E-state index in [1.807, 2.05) is 19.1 Å². The third kappa shape index (κ3) is 2.35. The number of fused-ring (bicyclic) bond motifs is 1. The van der Waals surface area contributed by atoms with Crippen LogP contribution in [0.15, 0.2) is 29.4 Å². The van der Waals surface area contributed by atoms with E-state index in [0.717, 1.165) is 6.42 Å². The molecule has 4 N–H and O–H groups in total. The lowest BCUT2D eigenvalue weighted by Crippen LogP contribution is -2.49. The molecule has 1 aromatic rings. The van der Waals surface area contributed by atoms with Crippen molar-refractivity contribution in [3.8, 4) is 0 Å². The molecule has 1 aliphatic rings. The monoisotopic (exact) mass is 275 g/mol. The summed E-state index contributed by atoms with van der Waals surface area (Å²) in [7, 11) is 0. The Bertz CT molecular complexity index is 542. The number of nitrogens with one attached hydrogen (secondary N) is 1. The summed E-state index contributed by atoms with van der Waals surface area (Å²) in [5.74, 6) is 0.120. The summed E-state index contributed by atoms with van der Waals surface area (Å²) in [6.45, 7) is 4.12. The maximum absolute atomic E-state index is 12.3. The van der Waals surface area contributed by atoms with Crippen molar-refractivity contribution < 1.29 is 10.0 Å². The molecule has 0 aromatic heterocycles. The Hall–Kier alpha value is -2.04. The summed E-state index contributed by atoms with van der Waals surface area (Å²) < 4.78 is 0. The first kappa shape index (κ1) is 14.4. The van der Waals surface area contributed by atoms with E-state index in [0.29, 0.717) is 18.9 Å². The third-order valence-corrected chi connectivity index (χ3v) is 4.35. The highest BCUT2D eigenvalue weighted by Crippen LogP contribution is 2.34. The lowest BCUT2D eigenvalue weighted by molar-refractivity contribution is -0.127. The van der Waals surface area contributed by atoms with Crippen LogP contribution < -0.4 is 11.1 Å². The average molecular weight is 275 g/mol. The number of nitrogens with zero attached hydrogens (tertiary/aromatic N) is 1. The molecule has 0 spiro atoms. The van der Waals surface area contributed by atoms with Crippen molar-refractivity contribution in [2.45, 2.75) is 32.6 Å². The van der Waals surface area contributed by atoms with Gasteiger partial charge in [-0.15, -0.1) is 0 Å². The zero-order valence-electron chi connectivity index (χ0n) is 11.9. The number of rotatable bonds is 5. The number of oxime groups is 1. The van der Waals surface area contributed by atoms with Gasteiger partial charge in [0.05, 0.1) is 0 Å². The highest BCUT2D eigenvalue weighted by atomic mass is 16.4. The fourth-order valence-electron chi connectivity index (χ4n) is 2.52. The van der Waals surface area contributed by atoms with Crippen LogP contribution in [-0.2, 0) is 11.2 Å². The van der Waals surface area contributed by atoms with Gasteiger partial charge >= 0.3 is 0 Å². The van der Waals surface area contributed by atoms with Gasteiger partial charge in [0.15, 0.2) is 5.84 Å². The molecule has 20 heavy (non-hydrogen) atoms. The predicted molar refractivity (Wildman–Crippen MR) is 77.7 cm³/mol. The quantitative estimate of drug-likeness (QED) is 0.330. The number of hydrogen-bond donors (Lipinski definition) is 3. The summed E-state index contributed by atoms with van der Waals surface area (Å²) in [6.07, 6.45) is 1.47. The molecule has 1 aromatic carbocycles. The summed E-state index contributed by atoms with van der Waals surface area (Å²) >= 11 is 0. The zero-order valence-corrected chi connectivity index (χ0v) is 11.9. The molecule has 0 saturated carbocycles. The molecule has 2 atom stereocenters. The molecule has 0 radical (unpaired) electrons. The van der Waals surface area contributed by atoms with Gasteiger partial charge in [-0.1, -0.05) is 36.3 Å². The first-order chi connectivity index (χ1) is 9.52. The number of benzene rings is 1. The van der Waals surface area contributed by atoms with Gasteiger partial charge in [0.25, 0.3) is 0 Å². The molecule has 0 aliphatic heterocycles. The SMILES string of the molecule is CCC(C)(C(=O)NCC1Cc2ccccc21)/C(N)=N/O.